The van der Waals surface area contributed by atoms with Gasteiger partial charge in [-0.15, -0.1) is 0 Å². The zero-order valence-electron chi connectivity index (χ0n) is 11.4. The lowest BCUT2D eigenvalue weighted by Crippen LogP contribution is -2.14. The molecule has 1 amide bonds. The number of anilines is 1. The molecule has 0 aliphatic heterocycles. The number of benzene rings is 2. The molecule has 2 rings (SSSR count). The molecule has 0 bridgehead atoms. The first-order chi connectivity index (χ1) is 9.15. The van der Waals surface area contributed by atoms with Crippen LogP contribution in [0.2, 0.25) is 0 Å². The van der Waals surface area contributed by atoms with Crippen LogP contribution in [0, 0.1) is 0 Å². The number of hydrogen-bond donors (Lipinski definition) is 1. The van der Waals surface area contributed by atoms with Gasteiger partial charge in [-0.1, -0.05) is 56.3 Å². The van der Waals surface area contributed by atoms with E-state index in [1.54, 1.807) is 0 Å². The average Bonchev–Trinajstić information content (AvgIpc) is 2.40. The van der Waals surface area contributed by atoms with E-state index in [0.717, 1.165) is 11.3 Å². The van der Waals surface area contributed by atoms with Crippen molar-refractivity contribution in [2.45, 2.75) is 26.2 Å². The van der Waals surface area contributed by atoms with Crippen molar-refractivity contribution in [2.75, 3.05) is 5.32 Å². The van der Waals surface area contributed by atoms with Crippen LogP contribution in [-0.4, -0.2) is 5.91 Å². The molecule has 0 unspecified atom stereocenters. The third-order valence-corrected chi connectivity index (χ3v) is 3.07. The Morgan fingerprint density at radius 1 is 1.00 bits per heavy atom. The number of carbonyl (C=O) groups is 1. The fourth-order valence-corrected chi connectivity index (χ4v) is 1.93. The predicted molar refractivity (Wildman–Crippen MR) is 79.3 cm³/mol. The molecule has 2 aromatic carbocycles. The number of hydrogen-bond acceptors (Lipinski definition) is 1. The number of para-hydroxylation sites is 1. The van der Waals surface area contributed by atoms with Crippen molar-refractivity contribution in [3.63, 3.8) is 0 Å². The molecule has 19 heavy (non-hydrogen) atoms. The van der Waals surface area contributed by atoms with Gasteiger partial charge in [0.1, 0.15) is 0 Å². The third kappa shape index (κ3) is 3.95. The molecular formula is C17H19NO. The van der Waals surface area contributed by atoms with Crippen LogP contribution in [-0.2, 0) is 11.2 Å². The van der Waals surface area contributed by atoms with E-state index in [2.05, 4.69) is 31.3 Å². The Bertz CT molecular complexity index is 529. The minimum absolute atomic E-state index is 0.0171. The van der Waals surface area contributed by atoms with E-state index < -0.39 is 0 Å². The minimum Gasteiger partial charge on any atom is -0.326 e. The van der Waals surface area contributed by atoms with Gasteiger partial charge in [-0.25, -0.2) is 0 Å². The Hall–Kier alpha value is -2.09. The van der Waals surface area contributed by atoms with E-state index in [1.165, 1.54) is 5.56 Å². The fourth-order valence-electron chi connectivity index (χ4n) is 1.93. The van der Waals surface area contributed by atoms with Crippen LogP contribution < -0.4 is 5.32 Å². The highest BCUT2D eigenvalue weighted by molar-refractivity contribution is 5.92. The fraction of sp³-hybridized carbons (Fsp3) is 0.235. The second-order valence-electron chi connectivity index (χ2n) is 4.99. The van der Waals surface area contributed by atoms with Crippen molar-refractivity contribution in [1.29, 1.82) is 0 Å². The van der Waals surface area contributed by atoms with Crippen LogP contribution in [0.5, 0.6) is 0 Å². The summed E-state index contributed by atoms with van der Waals surface area (Å²) in [6.45, 7) is 4.33. The van der Waals surface area contributed by atoms with Gasteiger partial charge in [-0.3, -0.25) is 4.79 Å². The molecule has 0 saturated carbocycles. The molecule has 0 atom stereocenters. The lowest BCUT2D eigenvalue weighted by atomic mass is 10.0. The Balaban J connectivity index is 1.95. The van der Waals surface area contributed by atoms with Crippen LogP contribution in [0.1, 0.15) is 30.9 Å². The van der Waals surface area contributed by atoms with Gasteiger partial charge in [0.25, 0.3) is 0 Å². The molecule has 0 fully saturated rings. The van der Waals surface area contributed by atoms with E-state index in [9.17, 15) is 4.79 Å². The molecule has 0 aliphatic carbocycles. The zero-order valence-corrected chi connectivity index (χ0v) is 11.4. The third-order valence-electron chi connectivity index (χ3n) is 3.07. The largest absolute Gasteiger partial charge is 0.326 e. The molecular weight excluding hydrogens is 234 g/mol. The Morgan fingerprint density at radius 2 is 1.63 bits per heavy atom. The van der Waals surface area contributed by atoms with Crippen molar-refractivity contribution in [3.8, 4) is 0 Å². The maximum atomic E-state index is 11.9. The van der Waals surface area contributed by atoms with E-state index >= 15 is 0 Å². The van der Waals surface area contributed by atoms with Gasteiger partial charge < -0.3 is 5.32 Å². The highest BCUT2D eigenvalue weighted by Gasteiger charge is 2.05. The maximum absolute atomic E-state index is 11.9. The maximum Gasteiger partial charge on any atom is 0.228 e. The first kappa shape index (κ1) is 13.3. The second-order valence-corrected chi connectivity index (χ2v) is 4.99. The van der Waals surface area contributed by atoms with Crippen LogP contribution in [0.3, 0.4) is 0 Å². The summed E-state index contributed by atoms with van der Waals surface area (Å²) in [6.07, 6.45) is 0.410. The van der Waals surface area contributed by atoms with Crippen LogP contribution in [0.25, 0.3) is 0 Å². The lowest BCUT2D eigenvalue weighted by Gasteiger charge is -2.07. The van der Waals surface area contributed by atoms with Gasteiger partial charge in [0.05, 0.1) is 6.42 Å². The predicted octanol–water partition coefficient (Wildman–Crippen LogP) is 3.99. The molecule has 0 aromatic heterocycles. The smallest absolute Gasteiger partial charge is 0.228 e. The highest BCUT2D eigenvalue weighted by Crippen LogP contribution is 2.15. The van der Waals surface area contributed by atoms with Crippen molar-refractivity contribution in [1.82, 2.24) is 0 Å². The summed E-state index contributed by atoms with van der Waals surface area (Å²) in [6, 6.07) is 17.8. The van der Waals surface area contributed by atoms with Gasteiger partial charge in [0, 0.05) is 5.69 Å². The SMILES string of the molecule is CC(C)c1ccc(CC(=O)Nc2ccccc2)cc1. The number of rotatable bonds is 4. The summed E-state index contributed by atoms with van der Waals surface area (Å²) >= 11 is 0. The zero-order chi connectivity index (χ0) is 13.7. The first-order valence-electron chi connectivity index (χ1n) is 6.59. The number of amides is 1. The summed E-state index contributed by atoms with van der Waals surface area (Å²) in [5, 5.41) is 2.89. The first-order valence-corrected chi connectivity index (χ1v) is 6.59. The van der Waals surface area contributed by atoms with Crippen molar-refractivity contribution in [2.24, 2.45) is 0 Å². The van der Waals surface area contributed by atoms with E-state index in [0.29, 0.717) is 12.3 Å². The number of carbonyl (C=O) groups excluding carboxylic acids is 1. The second kappa shape index (κ2) is 6.19. The molecule has 0 spiro atoms. The van der Waals surface area contributed by atoms with Crippen LogP contribution >= 0.6 is 0 Å². The van der Waals surface area contributed by atoms with Crippen molar-refractivity contribution in [3.05, 3.63) is 65.7 Å². The standard InChI is InChI=1S/C17H19NO/c1-13(2)15-10-8-14(9-11-15)12-17(19)18-16-6-4-3-5-7-16/h3-11,13H,12H2,1-2H3,(H,18,19). The van der Waals surface area contributed by atoms with Gasteiger partial charge in [-0.05, 0) is 29.2 Å². The van der Waals surface area contributed by atoms with E-state index in [-0.39, 0.29) is 5.91 Å². The van der Waals surface area contributed by atoms with Crippen LogP contribution in [0.15, 0.2) is 54.6 Å². The quantitative estimate of drug-likeness (QED) is 0.877. The highest BCUT2D eigenvalue weighted by atomic mass is 16.1. The number of nitrogens with one attached hydrogen (secondary N) is 1. The molecule has 0 saturated heterocycles. The summed E-state index contributed by atoms with van der Waals surface area (Å²) in [4.78, 5) is 11.9. The summed E-state index contributed by atoms with van der Waals surface area (Å²) in [7, 11) is 0. The van der Waals surface area contributed by atoms with E-state index in [1.807, 2.05) is 42.5 Å². The van der Waals surface area contributed by atoms with Gasteiger partial charge in [-0.2, -0.15) is 0 Å². The van der Waals surface area contributed by atoms with E-state index in [4.69, 9.17) is 0 Å². The van der Waals surface area contributed by atoms with Gasteiger partial charge >= 0.3 is 0 Å². The van der Waals surface area contributed by atoms with Crippen LogP contribution in [0.4, 0.5) is 5.69 Å². The Kier molecular flexibility index (Phi) is 4.35. The molecule has 2 nitrogen and oxygen atoms in total. The normalized spacial score (nSPS) is 10.5. The molecule has 2 aromatic rings. The minimum atomic E-state index is 0.0171. The summed E-state index contributed by atoms with van der Waals surface area (Å²) < 4.78 is 0. The van der Waals surface area contributed by atoms with Crippen molar-refractivity contribution < 1.29 is 4.79 Å². The topological polar surface area (TPSA) is 29.1 Å². The van der Waals surface area contributed by atoms with Crippen molar-refractivity contribution >= 4 is 11.6 Å². The Morgan fingerprint density at radius 3 is 2.21 bits per heavy atom. The summed E-state index contributed by atoms with van der Waals surface area (Å²) in [5.74, 6) is 0.538. The molecule has 0 radical (unpaired) electrons. The lowest BCUT2D eigenvalue weighted by molar-refractivity contribution is -0.115. The molecule has 98 valence electrons. The molecule has 0 heterocycles. The molecule has 2 heteroatoms. The monoisotopic (exact) mass is 253 g/mol. The molecule has 1 N–H and O–H groups in total. The van der Waals surface area contributed by atoms with Gasteiger partial charge in [0.15, 0.2) is 0 Å². The average molecular weight is 253 g/mol. The van der Waals surface area contributed by atoms with Gasteiger partial charge in [0.2, 0.25) is 5.91 Å². The summed E-state index contributed by atoms with van der Waals surface area (Å²) in [5.41, 5.74) is 3.18. The Labute approximate surface area is 114 Å². The molecule has 0 aliphatic rings.